The Morgan fingerprint density at radius 1 is 1.17 bits per heavy atom. The Bertz CT molecular complexity index is 1480. The molecule has 0 spiro atoms. The normalized spacial score (nSPS) is 29.1. The molecule has 3 aliphatic heterocycles. The number of amides is 2. The van der Waals surface area contributed by atoms with Gasteiger partial charge >= 0.3 is 0 Å². The number of benzene rings is 2. The largest absolute Gasteiger partial charge is 0.442 e. The zero-order valence-electron chi connectivity index (χ0n) is 20.5. The number of carbonyl (C=O) groups excluding carboxylic acids is 2. The summed E-state index contributed by atoms with van der Waals surface area (Å²) >= 11 is 0. The molecule has 36 heavy (non-hydrogen) atoms. The standard InChI is InChI=1S/C29H27N3O4/c1-17(2)22-16-31-23(35-22)9-6-12-29-14-13-28(3,36-29)24-25(29)27(34)32(26(24)33)21-11-10-18-7-4-5-8-19(18)20(21)15-30/h4-11,16-17,24-25H,12-14H2,1-3H3/b9-6+. The van der Waals surface area contributed by atoms with E-state index in [0.29, 0.717) is 36.4 Å². The fraction of sp³-hybridized carbons (Fsp3) is 0.379. The first kappa shape index (κ1) is 22.7. The highest BCUT2D eigenvalue weighted by molar-refractivity contribution is 6.24. The molecular weight excluding hydrogens is 454 g/mol. The van der Waals surface area contributed by atoms with E-state index < -0.39 is 23.0 Å². The van der Waals surface area contributed by atoms with Gasteiger partial charge in [0.25, 0.3) is 0 Å². The minimum absolute atomic E-state index is 0.245. The van der Waals surface area contributed by atoms with Crippen LogP contribution < -0.4 is 4.90 Å². The monoisotopic (exact) mass is 481 g/mol. The lowest BCUT2D eigenvalue weighted by atomic mass is 9.67. The van der Waals surface area contributed by atoms with Crippen LogP contribution in [0.5, 0.6) is 0 Å². The van der Waals surface area contributed by atoms with Crippen molar-refractivity contribution in [2.75, 3.05) is 4.90 Å². The molecule has 0 aliphatic carbocycles. The lowest BCUT2D eigenvalue weighted by Crippen LogP contribution is -2.41. The summed E-state index contributed by atoms with van der Waals surface area (Å²) in [6.07, 6.45) is 7.33. The lowest BCUT2D eigenvalue weighted by Gasteiger charge is -2.30. The molecular formula is C29H27N3O4. The first-order valence-electron chi connectivity index (χ1n) is 12.4. The number of ether oxygens (including phenoxy) is 1. The van der Waals surface area contributed by atoms with E-state index in [1.54, 1.807) is 12.3 Å². The maximum atomic E-state index is 13.9. The van der Waals surface area contributed by atoms with Crippen LogP contribution in [0.3, 0.4) is 0 Å². The zero-order valence-corrected chi connectivity index (χ0v) is 20.5. The van der Waals surface area contributed by atoms with Gasteiger partial charge in [-0.3, -0.25) is 9.59 Å². The summed E-state index contributed by atoms with van der Waals surface area (Å²) < 4.78 is 12.3. The summed E-state index contributed by atoms with van der Waals surface area (Å²) in [5.74, 6) is -0.160. The molecule has 7 heteroatoms. The number of hydrogen-bond donors (Lipinski definition) is 0. The molecule has 0 saturated carbocycles. The van der Waals surface area contributed by atoms with E-state index in [1.807, 2.05) is 63.3 Å². The second kappa shape index (κ2) is 7.87. The molecule has 3 aromatic rings. The summed E-state index contributed by atoms with van der Waals surface area (Å²) in [7, 11) is 0. The zero-order chi connectivity index (χ0) is 25.2. The molecule has 182 valence electrons. The van der Waals surface area contributed by atoms with Gasteiger partial charge in [-0.2, -0.15) is 5.26 Å². The molecule has 6 rings (SSSR count). The van der Waals surface area contributed by atoms with Crippen LogP contribution in [0.1, 0.15) is 63.2 Å². The minimum atomic E-state index is -0.769. The molecule has 7 nitrogen and oxygen atoms in total. The first-order chi connectivity index (χ1) is 17.3. The van der Waals surface area contributed by atoms with Crippen molar-refractivity contribution in [3.8, 4) is 6.07 Å². The number of aromatic nitrogens is 1. The second-order valence-electron chi connectivity index (χ2n) is 10.6. The van der Waals surface area contributed by atoms with E-state index in [-0.39, 0.29) is 17.7 Å². The van der Waals surface area contributed by atoms with Gasteiger partial charge in [-0.1, -0.05) is 50.3 Å². The van der Waals surface area contributed by atoms with E-state index in [0.717, 1.165) is 16.5 Å². The van der Waals surface area contributed by atoms with Crippen LogP contribution in [0.15, 0.2) is 53.1 Å². The van der Waals surface area contributed by atoms with Gasteiger partial charge in [0.2, 0.25) is 17.7 Å². The van der Waals surface area contributed by atoms with Crippen molar-refractivity contribution < 1.29 is 18.7 Å². The smallest absolute Gasteiger partial charge is 0.240 e. The predicted octanol–water partition coefficient (Wildman–Crippen LogP) is 5.35. The topological polar surface area (TPSA) is 96.4 Å². The average Bonchev–Trinajstić information content (AvgIpc) is 3.59. The van der Waals surface area contributed by atoms with Crippen molar-refractivity contribution in [3.63, 3.8) is 0 Å². The third-order valence-electron chi connectivity index (χ3n) is 8.11. The van der Waals surface area contributed by atoms with Crippen LogP contribution in [-0.4, -0.2) is 28.0 Å². The van der Waals surface area contributed by atoms with Gasteiger partial charge in [0, 0.05) is 11.3 Å². The molecule has 3 aliphatic rings. The van der Waals surface area contributed by atoms with Crippen molar-refractivity contribution >= 4 is 34.4 Å². The number of oxazole rings is 1. The van der Waals surface area contributed by atoms with Gasteiger partial charge in [0.1, 0.15) is 11.8 Å². The number of hydrogen-bond acceptors (Lipinski definition) is 6. The quantitative estimate of drug-likeness (QED) is 0.456. The van der Waals surface area contributed by atoms with Crippen molar-refractivity contribution in [1.29, 1.82) is 5.26 Å². The maximum absolute atomic E-state index is 13.9. The fourth-order valence-electron chi connectivity index (χ4n) is 6.35. The third kappa shape index (κ3) is 3.11. The number of imide groups is 1. The number of carbonyl (C=O) groups is 2. The summed E-state index contributed by atoms with van der Waals surface area (Å²) in [5, 5.41) is 11.6. The molecule has 0 radical (unpaired) electrons. The van der Waals surface area contributed by atoms with Crippen LogP contribution in [0.2, 0.25) is 0 Å². The van der Waals surface area contributed by atoms with Crippen molar-refractivity contribution in [1.82, 2.24) is 4.98 Å². The van der Waals surface area contributed by atoms with Gasteiger partial charge in [-0.05, 0) is 43.7 Å². The van der Waals surface area contributed by atoms with Crippen molar-refractivity contribution in [2.45, 2.75) is 57.2 Å². The SMILES string of the molecule is CC(C)c1cnc(/C=C/CC23CCC(C)(O2)C2C(=O)N(c4ccc5ccccc5c4C#N)C(=O)C23)o1. The summed E-state index contributed by atoms with van der Waals surface area (Å²) in [5.41, 5.74) is -0.784. The van der Waals surface area contributed by atoms with Crippen LogP contribution in [0.4, 0.5) is 5.69 Å². The molecule has 4 unspecified atom stereocenters. The van der Waals surface area contributed by atoms with Gasteiger partial charge < -0.3 is 9.15 Å². The number of nitriles is 1. The van der Waals surface area contributed by atoms with Crippen LogP contribution in [0, 0.1) is 23.2 Å². The number of nitrogens with zero attached hydrogens (tertiary/aromatic N) is 3. The van der Waals surface area contributed by atoms with Crippen molar-refractivity contribution in [3.05, 3.63) is 65.9 Å². The van der Waals surface area contributed by atoms with E-state index in [9.17, 15) is 14.9 Å². The van der Waals surface area contributed by atoms with E-state index in [1.165, 1.54) is 4.90 Å². The fourth-order valence-corrected chi connectivity index (χ4v) is 6.35. The number of fused-ring (bicyclic) bond motifs is 6. The van der Waals surface area contributed by atoms with E-state index in [2.05, 4.69) is 11.1 Å². The molecule has 4 atom stereocenters. The molecule has 2 bridgehead atoms. The number of rotatable bonds is 5. The Morgan fingerprint density at radius 3 is 2.69 bits per heavy atom. The Kier molecular flexibility index (Phi) is 4.96. The molecule has 4 heterocycles. The first-order valence-corrected chi connectivity index (χ1v) is 12.4. The molecule has 3 saturated heterocycles. The van der Waals surface area contributed by atoms with Gasteiger partial charge in [-0.15, -0.1) is 0 Å². The minimum Gasteiger partial charge on any atom is -0.442 e. The molecule has 2 amide bonds. The maximum Gasteiger partial charge on any atom is 0.240 e. The Labute approximate surface area is 209 Å². The molecule has 1 aromatic heterocycles. The average molecular weight is 482 g/mol. The van der Waals surface area contributed by atoms with Crippen LogP contribution >= 0.6 is 0 Å². The summed E-state index contributed by atoms with van der Waals surface area (Å²) in [6, 6.07) is 13.3. The summed E-state index contributed by atoms with van der Waals surface area (Å²) in [4.78, 5) is 33.2. The lowest BCUT2D eigenvalue weighted by molar-refractivity contribution is -0.130. The Balaban J connectivity index is 1.35. The Morgan fingerprint density at radius 2 is 1.94 bits per heavy atom. The van der Waals surface area contributed by atoms with Gasteiger partial charge in [0.05, 0.1) is 40.5 Å². The molecule has 3 fully saturated rings. The van der Waals surface area contributed by atoms with E-state index >= 15 is 0 Å². The number of anilines is 1. The van der Waals surface area contributed by atoms with Crippen molar-refractivity contribution in [2.24, 2.45) is 11.8 Å². The highest BCUT2D eigenvalue weighted by Crippen LogP contribution is 2.62. The van der Waals surface area contributed by atoms with Gasteiger partial charge in [-0.25, -0.2) is 9.88 Å². The Hall–Kier alpha value is -3.76. The van der Waals surface area contributed by atoms with Crippen LogP contribution in [0.25, 0.3) is 16.8 Å². The highest BCUT2D eigenvalue weighted by atomic mass is 16.5. The third-order valence-corrected chi connectivity index (χ3v) is 8.11. The summed E-state index contributed by atoms with van der Waals surface area (Å²) in [6.45, 7) is 6.02. The van der Waals surface area contributed by atoms with Gasteiger partial charge in [0.15, 0.2) is 0 Å². The second-order valence-corrected chi connectivity index (χ2v) is 10.6. The van der Waals surface area contributed by atoms with Crippen LogP contribution in [-0.2, 0) is 14.3 Å². The molecule has 2 aromatic carbocycles. The van der Waals surface area contributed by atoms with E-state index in [4.69, 9.17) is 9.15 Å². The predicted molar refractivity (Wildman–Crippen MR) is 134 cm³/mol. The molecule has 0 N–H and O–H groups in total. The highest BCUT2D eigenvalue weighted by Gasteiger charge is 2.73.